The van der Waals surface area contributed by atoms with Crippen LogP contribution in [0, 0.1) is 13.8 Å². The molecule has 15 heavy (non-hydrogen) atoms. The van der Waals surface area contributed by atoms with Crippen molar-refractivity contribution in [3.63, 3.8) is 0 Å². The lowest BCUT2D eigenvalue weighted by Crippen LogP contribution is -2.05. The molecule has 0 aliphatic heterocycles. The Hall–Kier alpha value is -0.740. The molecule has 0 aliphatic rings. The first kappa shape index (κ1) is 12.3. The Bertz CT molecular complexity index is 466. The average molecular weight is 249 g/mol. The van der Waals surface area contributed by atoms with Crippen LogP contribution in [0.4, 0.5) is 0 Å². The monoisotopic (exact) mass is 248 g/mol. The van der Waals surface area contributed by atoms with Gasteiger partial charge in [0.1, 0.15) is 11.0 Å². The highest BCUT2D eigenvalue weighted by Crippen LogP contribution is 2.26. The number of hydrogen-bond acceptors (Lipinski definition) is 3. The van der Waals surface area contributed by atoms with E-state index in [0.29, 0.717) is 11.3 Å². The van der Waals surface area contributed by atoms with Crippen LogP contribution in [0.15, 0.2) is 17.0 Å². The first-order valence-electron chi connectivity index (χ1n) is 4.36. The molecule has 1 aromatic carbocycles. The van der Waals surface area contributed by atoms with Gasteiger partial charge in [-0.2, -0.15) is 0 Å². The molecule has 0 heterocycles. The van der Waals surface area contributed by atoms with Crippen LogP contribution < -0.4 is 4.74 Å². The number of alkyl halides is 1. The lowest BCUT2D eigenvalue weighted by atomic mass is 10.1. The predicted molar refractivity (Wildman–Crippen MR) is 60.4 cm³/mol. The van der Waals surface area contributed by atoms with E-state index < -0.39 is 15.0 Å². The molecule has 0 radical (unpaired) electrons. The molecule has 0 amide bonds. The van der Waals surface area contributed by atoms with Gasteiger partial charge in [-0.15, -0.1) is 11.6 Å². The summed E-state index contributed by atoms with van der Waals surface area (Å²) >= 11 is 5.41. The van der Waals surface area contributed by atoms with Crippen LogP contribution in [0.2, 0.25) is 0 Å². The number of rotatable bonds is 3. The van der Waals surface area contributed by atoms with Gasteiger partial charge >= 0.3 is 0 Å². The van der Waals surface area contributed by atoms with Crippen LogP contribution in [0.3, 0.4) is 0 Å². The van der Waals surface area contributed by atoms with Crippen LogP contribution in [0.5, 0.6) is 5.75 Å². The lowest BCUT2D eigenvalue weighted by Gasteiger charge is -2.10. The first-order chi connectivity index (χ1) is 6.92. The van der Waals surface area contributed by atoms with Crippen molar-refractivity contribution in [2.24, 2.45) is 0 Å². The van der Waals surface area contributed by atoms with Crippen molar-refractivity contribution >= 4 is 21.4 Å². The van der Waals surface area contributed by atoms with Gasteiger partial charge in [0, 0.05) is 0 Å². The van der Waals surface area contributed by atoms with E-state index in [4.69, 9.17) is 16.3 Å². The Balaban J connectivity index is 3.41. The second-order valence-electron chi connectivity index (χ2n) is 3.31. The van der Waals surface area contributed by atoms with E-state index in [0.717, 1.165) is 5.56 Å². The lowest BCUT2D eigenvalue weighted by molar-refractivity contribution is 0.411. The molecule has 1 aromatic rings. The van der Waals surface area contributed by atoms with Gasteiger partial charge in [-0.25, -0.2) is 8.42 Å². The fourth-order valence-electron chi connectivity index (χ4n) is 1.38. The molecule has 0 N–H and O–H groups in total. The molecule has 0 unspecified atom stereocenters. The van der Waals surface area contributed by atoms with E-state index >= 15 is 0 Å². The highest BCUT2D eigenvalue weighted by molar-refractivity contribution is 7.92. The van der Waals surface area contributed by atoms with Crippen molar-refractivity contribution in [3.05, 3.63) is 23.3 Å². The standard InChI is InChI=1S/C10H13ClO3S/c1-7-5-10(15(12,13)6-11)8(2)4-9(7)14-3/h4-5H,6H2,1-3H3. The largest absolute Gasteiger partial charge is 0.496 e. The summed E-state index contributed by atoms with van der Waals surface area (Å²) in [5, 5.41) is -0.403. The van der Waals surface area contributed by atoms with Crippen molar-refractivity contribution in [1.29, 1.82) is 0 Å². The van der Waals surface area contributed by atoms with Crippen molar-refractivity contribution in [3.8, 4) is 5.75 Å². The summed E-state index contributed by atoms with van der Waals surface area (Å²) in [6.45, 7) is 3.52. The van der Waals surface area contributed by atoms with Gasteiger partial charge in [0.25, 0.3) is 0 Å². The Morgan fingerprint density at radius 3 is 2.33 bits per heavy atom. The van der Waals surface area contributed by atoms with Crippen molar-refractivity contribution < 1.29 is 13.2 Å². The zero-order valence-electron chi connectivity index (χ0n) is 8.87. The Morgan fingerprint density at radius 2 is 1.87 bits per heavy atom. The van der Waals surface area contributed by atoms with Crippen LogP contribution in [0.1, 0.15) is 11.1 Å². The Kier molecular flexibility index (Phi) is 3.62. The predicted octanol–water partition coefficient (Wildman–Crippen LogP) is 2.28. The summed E-state index contributed by atoms with van der Waals surface area (Å²) < 4.78 is 28.3. The van der Waals surface area contributed by atoms with E-state index in [1.165, 1.54) is 0 Å². The SMILES string of the molecule is COc1cc(C)c(S(=O)(=O)CCl)cc1C. The number of sulfone groups is 1. The van der Waals surface area contributed by atoms with Crippen LogP contribution in [-0.4, -0.2) is 20.7 Å². The van der Waals surface area contributed by atoms with Crippen molar-refractivity contribution in [2.45, 2.75) is 18.7 Å². The second-order valence-corrected chi connectivity index (χ2v) is 5.85. The Morgan fingerprint density at radius 1 is 1.27 bits per heavy atom. The molecule has 0 saturated carbocycles. The highest BCUT2D eigenvalue weighted by Gasteiger charge is 2.17. The molecule has 1 rings (SSSR count). The third-order valence-electron chi connectivity index (χ3n) is 2.17. The quantitative estimate of drug-likeness (QED) is 0.771. The van der Waals surface area contributed by atoms with E-state index in [9.17, 15) is 8.42 Å². The highest BCUT2D eigenvalue weighted by atomic mass is 35.5. The van der Waals surface area contributed by atoms with Crippen LogP contribution in [-0.2, 0) is 9.84 Å². The van der Waals surface area contributed by atoms with E-state index in [-0.39, 0.29) is 4.90 Å². The Labute approximate surface area is 94.9 Å². The molecule has 0 spiro atoms. The maximum atomic E-state index is 11.6. The summed E-state index contributed by atoms with van der Waals surface area (Å²) in [6.07, 6.45) is 0. The fraction of sp³-hybridized carbons (Fsp3) is 0.400. The van der Waals surface area contributed by atoms with E-state index in [1.54, 1.807) is 33.1 Å². The summed E-state index contributed by atoms with van der Waals surface area (Å²) in [5.74, 6) is 0.682. The van der Waals surface area contributed by atoms with E-state index in [2.05, 4.69) is 0 Å². The van der Waals surface area contributed by atoms with Gasteiger partial charge in [-0.1, -0.05) is 0 Å². The summed E-state index contributed by atoms with van der Waals surface area (Å²) in [5.41, 5.74) is 1.44. The number of halogens is 1. The molecular formula is C10H13ClO3S. The molecule has 0 atom stereocenters. The normalized spacial score (nSPS) is 11.5. The third kappa shape index (κ3) is 2.44. The summed E-state index contributed by atoms with van der Waals surface area (Å²) in [7, 11) is -1.81. The molecule has 3 nitrogen and oxygen atoms in total. The number of aryl methyl sites for hydroxylation is 2. The fourth-order valence-corrected chi connectivity index (χ4v) is 2.75. The maximum absolute atomic E-state index is 11.6. The minimum absolute atomic E-state index is 0.274. The minimum Gasteiger partial charge on any atom is -0.496 e. The smallest absolute Gasteiger partial charge is 0.192 e. The molecule has 0 fully saturated rings. The molecule has 0 aliphatic carbocycles. The minimum atomic E-state index is -3.37. The number of hydrogen-bond donors (Lipinski definition) is 0. The topological polar surface area (TPSA) is 43.4 Å². The molecule has 5 heteroatoms. The van der Waals surface area contributed by atoms with Gasteiger partial charge in [0.2, 0.25) is 0 Å². The summed E-state index contributed by atoms with van der Waals surface area (Å²) in [4.78, 5) is 0.274. The number of ether oxygens (including phenoxy) is 1. The van der Waals surface area contributed by atoms with E-state index in [1.807, 2.05) is 0 Å². The molecule has 0 saturated heterocycles. The molecule has 84 valence electrons. The summed E-state index contributed by atoms with van der Waals surface area (Å²) in [6, 6.07) is 3.29. The first-order valence-corrected chi connectivity index (χ1v) is 6.55. The van der Waals surface area contributed by atoms with Gasteiger partial charge in [0.15, 0.2) is 9.84 Å². The molecular weight excluding hydrogens is 236 g/mol. The zero-order valence-corrected chi connectivity index (χ0v) is 10.4. The van der Waals surface area contributed by atoms with Crippen LogP contribution >= 0.6 is 11.6 Å². The van der Waals surface area contributed by atoms with Gasteiger partial charge in [0.05, 0.1) is 12.0 Å². The number of benzene rings is 1. The van der Waals surface area contributed by atoms with Gasteiger partial charge < -0.3 is 4.74 Å². The van der Waals surface area contributed by atoms with Crippen LogP contribution in [0.25, 0.3) is 0 Å². The molecule has 0 bridgehead atoms. The molecule has 0 aromatic heterocycles. The maximum Gasteiger partial charge on any atom is 0.192 e. The number of methoxy groups -OCH3 is 1. The average Bonchev–Trinajstić information content (AvgIpc) is 2.20. The van der Waals surface area contributed by atoms with Crippen molar-refractivity contribution in [1.82, 2.24) is 0 Å². The van der Waals surface area contributed by atoms with Gasteiger partial charge in [-0.3, -0.25) is 0 Å². The second kappa shape index (κ2) is 4.41. The third-order valence-corrected chi connectivity index (χ3v) is 4.43. The zero-order chi connectivity index (χ0) is 11.6. The van der Waals surface area contributed by atoms with Crippen molar-refractivity contribution in [2.75, 3.05) is 12.3 Å². The van der Waals surface area contributed by atoms with Gasteiger partial charge in [-0.05, 0) is 37.1 Å².